The van der Waals surface area contributed by atoms with E-state index in [1.807, 2.05) is 6.07 Å². The molecule has 0 aliphatic heterocycles. The summed E-state index contributed by atoms with van der Waals surface area (Å²) < 4.78 is 78.8. The van der Waals surface area contributed by atoms with Crippen molar-refractivity contribution < 1.29 is 31.1 Å². The molecule has 4 nitrogen and oxygen atoms in total. The van der Waals surface area contributed by atoms with Crippen LogP contribution in [0.3, 0.4) is 0 Å². The minimum absolute atomic E-state index is 0.00109. The monoisotopic (exact) mass is 515 g/mol. The number of rotatable bonds is 6. The lowest BCUT2D eigenvalue weighted by molar-refractivity contribution is -0.143. The van der Waals surface area contributed by atoms with Gasteiger partial charge in [-0.2, -0.15) is 26.3 Å². The number of alkyl halides is 6. The van der Waals surface area contributed by atoms with Crippen LogP contribution in [0.1, 0.15) is 44.0 Å². The zero-order valence-corrected chi connectivity index (χ0v) is 19.4. The highest BCUT2D eigenvalue weighted by molar-refractivity contribution is 5.98. The number of pyridine rings is 1. The van der Waals surface area contributed by atoms with Gasteiger partial charge >= 0.3 is 12.4 Å². The predicted octanol–water partition coefficient (Wildman–Crippen LogP) is 6.90. The number of halogens is 6. The van der Waals surface area contributed by atoms with Crippen LogP contribution >= 0.6 is 0 Å². The molecule has 2 aromatic carbocycles. The first-order valence-electron chi connectivity index (χ1n) is 11.0. The maximum atomic E-state index is 13.1. The SMILES string of the molecule is Cc1cc(CC(=O)c2cc(C(F)(F)F)cc(C(F)(F)F)c2)ccc1Cc1nccc(-c2cccnc2)n1. The van der Waals surface area contributed by atoms with Gasteiger partial charge in [0.2, 0.25) is 0 Å². The number of hydrogen-bond acceptors (Lipinski definition) is 4. The van der Waals surface area contributed by atoms with Crippen LogP contribution in [0.2, 0.25) is 0 Å². The number of hydrogen-bond donors (Lipinski definition) is 0. The number of ketones is 1. The molecule has 37 heavy (non-hydrogen) atoms. The molecule has 4 rings (SSSR count). The number of aromatic nitrogens is 3. The zero-order valence-electron chi connectivity index (χ0n) is 19.4. The van der Waals surface area contributed by atoms with Crippen LogP contribution in [0.4, 0.5) is 26.3 Å². The molecule has 0 N–H and O–H groups in total. The van der Waals surface area contributed by atoms with Crippen LogP contribution in [0.5, 0.6) is 0 Å². The van der Waals surface area contributed by atoms with Gasteiger partial charge < -0.3 is 0 Å². The van der Waals surface area contributed by atoms with Gasteiger partial charge in [0.1, 0.15) is 5.82 Å². The molecule has 2 heterocycles. The first-order chi connectivity index (χ1) is 17.4. The molecule has 0 bridgehead atoms. The van der Waals surface area contributed by atoms with E-state index in [4.69, 9.17) is 0 Å². The average Bonchev–Trinajstić information content (AvgIpc) is 2.85. The third-order valence-corrected chi connectivity index (χ3v) is 5.69. The third-order valence-electron chi connectivity index (χ3n) is 5.69. The molecule has 190 valence electrons. The fraction of sp³-hybridized carbons (Fsp3) is 0.185. The first kappa shape index (κ1) is 26.0. The minimum atomic E-state index is -5.02. The summed E-state index contributed by atoms with van der Waals surface area (Å²) in [4.78, 5) is 25.6. The normalized spacial score (nSPS) is 12.0. The summed E-state index contributed by atoms with van der Waals surface area (Å²) in [6.07, 6.45) is -5.04. The van der Waals surface area contributed by atoms with Gasteiger partial charge in [-0.3, -0.25) is 9.78 Å². The predicted molar refractivity (Wildman–Crippen MR) is 124 cm³/mol. The van der Waals surface area contributed by atoms with E-state index in [0.717, 1.165) is 16.7 Å². The van der Waals surface area contributed by atoms with Crippen molar-refractivity contribution in [3.63, 3.8) is 0 Å². The van der Waals surface area contributed by atoms with Gasteiger partial charge in [0.15, 0.2) is 5.78 Å². The Kier molecular flexibility index (Phi) is 7.11. The van der Waals surface area contributed by atoms with Crippen LogP contribution in [-0.4, -0.2) is 20.7 Å². The van der Waals surface area contributed by atoms with Crippen LogP contribution in [0.25, 0.3) is 11.3 Å². The summed E-state index contributed by atoms with van der Waals surface area (Å²) in [5.74, 6) is -0.298. The van der Waals surface area contributed by atoms with E-state index < -0.39 is 34.8 Å². The Hall–Kier alpha value is -4.08. The number of aryl methyl sites for hydroxylation is 1. The first-order valence-corrected chi connectivity index (χ1v) is 11.0. The summed E-state index contributed by atoms with van der Waals surface area (Å²) in [5, 5.41) is 0. The van der Waals surface area contributed by atoms with Crippen molar-refractivity contribution in [1.29, 1.82) is 0 Å². The topological polar surface area (TPSA) is 55.7 Å². The molecule has 4 aromatic rings. The van der Waals surface area contributed by atoms with E-state index in [-0.39, 0.29) is 12.5 Å². The van der Waals surface area contributed by atoms with Gasteiger partial charge in [-0.25, -0.2) is 9.97 Å². The van der Waals surface area contributed by atoms with Gasteiger partial charge in [-0.1, -0.05) is 18.2 Å². The van der Waals surface area contributed by atoms with Gasteiger partial charge in [-0.05, 0) is 60.0 Å². The Bertz CT molecular complexity index is 1400. The fourth-order valence-electron chi connectivity index (χ4n) is 3.80. The van der Waals surface area contributed by atoms with Crippen LogP contribution in [0, 0.1) is 6.92 Å². The Morgan fingerprint density at radius 3 is 2.16 bits per heavy atom. The van der Waals surface area contributed by atoms with E-state index in [1.165, 1.54) is 0 Å². The number of carbonyl (C=O) groups is 1. The Morgan fingerprint density at radius 1 is 0.865 bits per heavy atom. The molecule has 0 saturated heterocycles. The largest absolute Gasteiger partial charge is 0.416 e. The second-order valence-corrected chi connectivity index (χ2v) is 8.43. The highest BCUT2D eigenvalue weighted by Gasteiger charge is 2.37. The summed E-state index contributed by atoms with van der Waals surface area (Å²) >= 11 is 0. The second-order valence-electron chi connectivity index (χ2n) is 8.43. The molecule has 0 radical (unpaired) electrons. The van der Waals surface area contributed by atoms with Gasteiger partial charge in [0.05, 0.1) is 16.8 Å². The van der Waals surface area contributed by atoms with Crippen LogP contribution in [-0.2, 0) is 25.2 Å². The average molecular weight is 515 g/mol. The minimum Gasteiger partial charge on any atom is -0.294 e. The van der Waals surface area contributed by atoms with E-state index in [2.05, 4.69) is 15.0 Å². The molecule has 0 fully saturated rings. The number of carbonyl (C=O) groups excluding carboxylic acids is 1. The number of nitrogens with zero attached hydrogens (tertiary/aromatic N) is 3. The van der Waals surface area contributed by atoms with E-state index in [1.54, 1.807) is 55.8 Å². The van der Waals surface area contributed by atoms with Gasteiger partial charge in [-0.15, -0.1) is 0 Å². The highest BCUT2D eigenvalue weighted by Crippen LogP contribution is 2.36. The van der Waals surface area contributed by atoms with Crippen LogP contribution < -0.4 is 0 Å². The summed E-state index contributed by atoms with van der Waals surface area (Å²) in [6, 6.07) is 11.4. The quantitative estimate of drug-likeness (QED) is 0.207. The molecule has 0 unspecified atom stereocenters. The van der Waals surface area contributed by atoms with Gasteiger partial charge in [0.25, 0.3) is 0 Å². The Labute approximate surface area is 208 Å². The molecule has 2 aromatic heterocycles. The lowest BCUT2D eigenvalue weighted by Crippen LogP contribution is -2.14. The lowest BCUT2D eigenvalue weighted by Gasteiger charge is -2.14. The van der Waals surface area contributed by atoms with Crippen molar-refractivity contribution in [2.75, 3.05) is 0 Å². The van der Waals surface area contributed by atoms with E-state index in [0.29, 0.717) is 35.6 Å². The molecule has 0 saturated carbocycles. The van der Waals surface area contributed by atoms with E-state index in [9.17, 15) is 31.1 Å². The molecule has 0 atom stereocenters. The highest BCUT2D eigenvalue weighted by atomic mass is 19.4. The fourth-order valence-corrected chi connectivity index (χ4v) is 3.80. The summed E-state index contributed by atoms with van der Waals surface area (Å²) in [5.41, 5.74) is -0.0564. The van der Waals surface area contributed by atoms with Crippen molar-refractivity contribution in [1.82, 2.24) is 15.0 Å². The molecule has 0 spiro atoms. The zero-order chi connectivity index (χ0) is 26.8. The molecular weight excluding hydrogens is 496 g/mol. The molecule has 10 heteroatoms. The summed E-state index contributed by atoms with van der Waals surface area (Å²) in [6.45, 7) is 1.79. The maximum absolute atomic E-state index is 13.1. The summed E-state index contributed by atoms with van der Waals surface area (Å²) in [7, 11) is 0. The molecule has 0 amide bonds. The molecule has 0 aliphatic carbocycles. The Morgan fingerprint density at radius 2 is 1.57 bits per heavy atom. The Balaban J connectivity index is 1.54. The maximum Gasteiger partial charge on any atom is 0.416 e. The molecule has 0 aliphatic rings. The van der Waals surface area contributed by atoms with E-state index >= 15 is 0 Å². The van der Waals surface area contributed by atoms with Crippen molar-refractivity contribution >= 4 is 5.78 Å². The third kappa shape index (κ3) is 6.38. The van der Waals surface area contributed by atoms with Crippen molar-refractivity contribution in [2.24, 2.45) is 0 Å². The van der Waals surface area contributed by atoms with Gasteiger partial charge in [0, 0.05) is 42.6 Å². The smallest absolute Gasteiger partial charge is 0.294 e. The van der Waals surface area contributed by atoms with Crippen LogP contribution in [0.15, 0.2) is 73.2 Å². The standard InChI is InChI=1S/C27H19F6N3O/c1-16-9-17(10-24(37)20-11-21(26(28,29)30)14-22(12-20)27(31,32)33)4-5-18(16)13-25-35-8-6-23(36-25)19-3-2-7-34-15-19/h2-9,11-12,14-15H,10,13H2,1H3. The second kappa shape index (κ2) is 10.1. The number of benzene rings is 2. The van der Waals surface area contributed by atoms with Crippen molar-refractivity contribution in [2.45, 2.75) is 32.1 Å². The van der Waals surface area contributed by atoms with Crippen molar-refractivity contribution in [3.05, 3.63) is 112 Å². The lowest BCUT2D eigenvalue weighted by atomic mass is 9.95. The van der Waals surface area contributed by atoms with Crippen molar-refractivity contribution in [3.8, 4) is 11.3 Å². The number of Topliss-reactive ketones (excluding diaryl/α,β-unsaturated/α-hetero) is 1. The molecular formula is C27H19F6N3O.